The minimum absolute atomic E-state index is 0.00661. The van der Waals surface area contributed by atoms with Crippen LogP contribution in [0.5, 0.6) is 0 Å². The smallest absolute Gasteiger partial charge is 0.253 e. The third kappa shape index (κ3) is 3.30. The molecule has 1 heterocycles. The van der Waals surface area contributed by atoms with E-state index in [1.165, 1.54) is 40.5 Å². The standard InChI is InChI=1S/C14H18N2O4S/c1-15(10-11-17)14(18)12-4-6-13(7-5-12)21(19,20)16-8-2-3-9-16/h4-7,11H,2-3,8-10H2,1H3. The SMILES string of the molecule is CN(CC=O)C(=O)c1ccc(S(=O)(=O)N2CCCC2)cc1. The van der Waals surface area contributed by atoms with E-state index in [4.69, 9.17) is 0 Å². The largest absolute Gasteiger partial charge is 0.335 e. The quantitative estimate of drug-likeness (QED) is 0.752. The summed E-state index contributed by atoms with van der Waals surface area (Å²) in [6.07, 6.45) is 2.41. The molecule has 0 atom stereocenters. The first-order chi connectivity index (χ1) is 9.96. The summed E-state index contributed by atoms with van der Waals surface area (Å²) in [7, 11) is -1.94. The van der Waals surface area contributed by atoms with E-state index in [-0.39, 0.29) is 17.3 Å². The highest BCUT2D eigenvalue weighted by Gasteiger charge is 2.27. The summed E-state index contributed by atoms with van der Waals surface area (Å²) >= 11 is 0. The Morgan fingerprint density at radius 3 is 2.33 bits per heavy atom. The summed E-state index contributed by atoms with van der Waals surface area (Å²) in [4.78, 5) is 23.8. The van der Waals surface area contributed by atoms with Gasteiger partial charge < -0.3 is 9.69 Å². The van der Waals surface area contributed by atoms with Crippen molar-refractivity contribution < 1.29 is 18.0 Å². The number of amides is 1. The van der Waals surface area contributed by atoms with Crippen LogP contribution in [-0.2, 0) is 14.8 Å². The number of rotatable bonds is 5. The lowest BCUT2D eigenvalue weighted by atomic mass is 10.2. The first kappa shape index (κ1) is 15.7. The molecule has 1 aliphatic rings. The maximum Gasteiger partial charge on any atom is 0.253 e. The van der Waals surface area contributed by atoms with Crippen LogP contribution in [0.25, 0.3) is 0 Å². The van der Waals surface area contributed by atoms with Gasteiger partial charge in [-0.15, -0.1) is 0 Å². The van der Waals surface area contributed by atoms with Crippen molar-refractivity contribution in [3.8, 4) is 0 Å². The van der Waals surface area contributed by atoms with Gasteiger partial charge in [-0.2, -0.15) is 4.31 Å². The molecule has 0 spiro atoms. The van der Waals surface area contributed by atoms with Crippen LogP contribution in [0.2, 0.25) is 0 Å². The number of sulfonamides is 1. The molecule has 21 heavy (non-hydrogen) atoms. The Bertz CT molecular complexity index is 619. The summed E-state index contributed by atoms with van der Waals surface area (Å²) in [6, 6.07) is 5.84. The van der Waals surface area contributed by atoms with Gasteiger partial charge >= 0.3 is 0 Å². The zero-order valence-electron chi connectivity index (χ0n) is 11.9. The Morgan fingerprint density at radius 1 is 1.24 bits per heavy atom. The van der Waals surface area contributed by atoms with E-state index in [2.05, 4.69) is 0 Å². The van der Waals surface area contributed by atoms with E-state index in [1.807, 2.05) is 0 Å². The zero-order valence-corrected chi connectivity index (χ0v) is 12.7. The van der Waals surface area contributed by atoms with Crippen molar-refractivity contribution in [2.75, 3.05) is 26.7 Å². The summed E-state index contributed by atoms with van der Waals surface area (Å²) in [5.41, 5.74) is 0.361. The fraction of sp³-hybridized carbons (Fsp3) is 0.429. The van der Waals surface area contributed by atoms with Crippen LogP contribution in [0.4, 0.5) is 0 Å². The monoisotopic (exact) mass is 310 g/mol. The van der Waals surface area contributed by atoms with Gasteiger partial charge in [0.25, 0.3) is 5.91 Å². The van der Waals surface area contributed by atoms with Crippen LogP contribution in [0, 0.1) is 0 Å². The van der Waals surface area contributed by atoms with Gasteiger partial charge in [-0.3, -0.25) is 4.79 Å². The number of benzene rings is 1. The van der Waals surface area contributed by atoms with Crippen LogP contribution < -0.4 is 0 Å². The predicted molar refractivity (Wildman–Crippen MR) is 77.5 cm³/mol. The molecule has 1 saturated heterocycles. The Morgan fingerprint density at radius 2 is 1.81 bits per heavy atom. The van der Waals surface area contributed by atoms with Crippen molar-refractivity contribution >= 4 is 22.2 Å². The molecule has 1 aliphatic heterocycles. The molecule has 0 radical (unpaired) electrons. The first-order valence-corrected chi connectivity index (χ1v) is 8.20. The molecule has 1 aromatic carbocycles. The molecule has 0 aromatic heterocycles. The minimum Gasteiger partial charge on any atom is -0.335 e. The van der Waals surface area contributed by atoms with E-state index in [0.29, 0.717) is 24.9 Å². The van der Waals surface area contributed by atoms with E-state index in [1.54, 1.807) is 0 Å². The molecule has 0 aliphatic carbocycles. The number of aldehydes is 1. The number of hydrogen-bond donors (Lipinski definition) is 0. The van der Waals surface area contributed by atoms with E-state index >= 15 is 0 Å². The number of likely N-dealkylation sites (N-methyl/N-ethyl adjacent to an activating group) is 1. The summed E-state index contributed by atoms with van der Waals surface area (Å²) < 4.78 is 26.1. The summed E-state index contributed by atoms with van der Waals surface area (Å²) in [5, 5.41) is 0. The predicted octanol–water partition coefficient (Wildman–Crippen LogP) is 0.742. The maximum absolute atomic E-state index is 12.3. The van der Waals surface area contributed by atoms with Crippen molar-refractivity contribution in [3.63, 3.8) is 0 Å². The number of hydrogen-bond acceptors (Lipinski definition) is 4. The number of nitrogens with zero attached hydrogens (tertiary/aromatic N) is 2. The van der Waals surface area contributed by atoms with Gasteiger partial charge in [0.2, 0.25) is 10.0 Å². The first-order valence-electron chi connectivity index (χ1n) is 6.76. The second kappa shape index (κ2) is 6.36. The van der Waals surface area contributed by atoms with Gasteiger partial charge in [0.15, 0.2) is 0 Å². The third-order valence-corrected chi connectivity index (χ3v) is 5.41. The molecular formula is C14H18N2O4S. The molecule has 0 unspecified atom stereocenters. The van der Waals surface area contributed by atoms with Crippen LogP contribution in [0.3, 0.4) is 0 Å². The van der Waals surface area contributed by atoms with Gasteiger partial charge in [0.1, 0.15) is 6.29 Å². The molecule has 1 amide bonds. The van der Waals surface area contributed by atoms with Crippen molar-refractivity contribution in [2.24, 2.45) is 0 Å². The highest BCUT2D eigenvalue weighted by Crippen LogP contribution is 2.21. The van der Waals surface area contributed by atoms with Gasteiger partial charge in [0, 0.05) is 25.7 Å². The molecule has 7 heteroatoms. The molecule has 6 nitrogen and oxygen atoms in total. The Labute approximate surface area is 124 Å². The van der Waals surface area contributed by atoms with Gasteiger partial charge in [0.05, 0.1) is 11.4 Å². The Hall–Kier alpha value is -1.73. The topological polar surface area (TPSA) is 74.8 Å². The number of carbonyl (C=O) groups is 2. The van der Waals surface area contributed by atoms with Crippen LogP contribution in [0.15, 0.2) is 29.2 Å². The van der Waals surface area contributed by atoms with Crippen molar-refractivity contribution in [1.29, 1.82) is 0 Å². The lowest BCUT2D eigenvalue weighted by Gasteiger charge is -2.16. The summed E-state index contributed by atoms with van der Waals surface area (Å²) in [5.74, 6) is -0.313. The van der Waals surface area contributed by atoms with E-state index in [0.717, 1.165) is 12.8 Å². The third-order valence-electron chi connectivity index (χ3n) is 3.50. The fourth-order valence-corrected chi connectivity index (χ4v) is 3.78. The fourth-order valence-electron chi connectivity index (χ4n) is 2.26. The molecule has 1 fully saturated rings. The van der Waals surface area contributed by atoms with Crippen molar-refractivity contribution in [1.82, 2.24) is 9.21 Å². The van der Waals surface area contributed by atoms with E-state index in [9.17, 15) is 18.0 Å². The molecular weight excluding hydrogens is 292 g/mol. The lowest BCUT2D eigenvalue weighted by Crippen LogP contribution is -2.29. The molecule has 0 saturated carbocycles. The average Bonchev–Trinajstić information content (AvgIpc) is 3.02. The lowest BCUT2D eigenvalue weighted by molar-refractivity contribution is -0.108. The van der Waals surface area contributed by atoms with Crippen molar-refractivity contribution in [3.05, 3.63) is 29.8 Å². The Kier molecular flexibility index (Phi) is 4.74. The number of carbonyl (C=O) groups excluding carboxylic acids is 2. The highest BCUT2D eigenvalue weighted by molar-refractivity contribution is 7.89. The molecule has 0 N–H and O–H groups in total. The maximum atomic E-state index is 12.3. The zero-order chi connectivity index (χ0) is 15.5. The summed E-state index contributed by atoms with van der Waals surface area (Å²) in [6.45, 7) is 1.10. The second-order valence-corrected chi connectivity index (χ2v) is 6.93. The van der Waals surface area contributed by atoms with Crippen LogP contribution >= 0.6 is 0 Å². The Balaban J connectivity index is 2.19. The van der Waals surface area contributed by atoms with Gasteiger partial charge in [-0.05, 0) is 37.1 Å². The second-order valence-electron chi connectivity index (χ2n) is 4.99. The molecule has 2 rings (SSSR count). The normalized spacial score (nSPS) is 15.9. The van der Waals surface area contributed by atoms with Gasteiger partial charge in [-0.1, -0.05) is 0 Å². The minimum atomic E-state index is -3.46. The highest BCUT2D eigenvalue weighted by atomic mass is 32.2. The van der Waals surface area contributed by atoms with Crippen LogP contribution in [0.1, 0.15) is 23.2 Å². The van der Waals surface area contributed by atoms with Gasteiger partial charge in [-0.25, -0.2) is 8.42 Å². The van der Waals surface area contributed by atoms with E-state index < -0.39 is 10.0 Å². The molecule has 0 bridgehead atoms. The molecule has 114 valence electrons. The average molecular weight is 310 g/mol. The molecule has 1 aromatic rings. The van der Waals surface area contributed by atoms with Crippen molar-refractivity contribution in [2.45, 2.75) is 17.7 Å². The van der Waals surface area contributed by atoms with Crippen LogP contribution in [-0.4, -0.2) is 56.5 Å².